The van der Waals surface area contributed by atoms with Crippen LogP contribution in [-0.2, 0) is 4.79 Å². The van der Waals surface area contributed by atoms with Gasteiger partial charge in [-0.2, -0.15) is 0 Å². The van der Waals surface area contributed by atoms with E-state index in [0.717, 1.165) is 11.4 Å². The van der Waals surface area contributed by atoms with Gasteiger partial charge in [0, 0.05) is 44.3 Å². The molecule has 1 N–H and O–H groups in total. The van der Waals surface area contributed by atoms with Crippen LogP contribution >= 0.6 is 15.9 Å². The molecule has 4 rings (SSSR count). The third kappa shape index (κ3) is 5.04. The van der Waals surface area contributed by atoms with E-state index >= 15 is 0 Å². The molecule has 3 atom stereocenters. The number of rotatable bonds is 6. The van der Waals surface area contributed by atoms with E-state index < -0.39 is 12.1 Å². The van der Waals surface area contributed by atoms with Gasteiger partial charge in [0.15, 0.2) is 0 Å². The number of alkyl halides is 1. The highest BCUT2D eigenvalue weighted by atomic mass is 79.9. The van der Waals surface area contributed by atoms with Crippen molar-refractivity contribution in [3.8, 4) is 0 Å². The Morgan fingerprint density at radius 3 is 2.64 bits per heavy atom. The first kappa shape index (κ1) is 24.0. The molecule has 1 aliphatic carbocycles. The molecule has 1 aromatic carbocycles. The minimum atomic E-state index is -1.04. The van der Waals surface area contributed by atoms with Gasteiger partial charge >= 0.3 is 0 Å². The average molecular weight is 522 g/mol. The lowest BCUT2D eigenvalue weighted by atomic mass is 9.96. The van der Waals surface area contributed by atoms with Gasteiger partial charge < -0.3 is 15.1 Å². The number of fused-ring (bicyclic) bond motifs is 1. The summed E-state index contributed by atoms with van der Waals surface area (Å²) >= 11 is 3.19. The van der Waals surface area contributed by atoms with Crippen LogP contribution in [0.4, 0.5) is 14.6 Å². The molecule has 0 bridgehead atoms. The first-order valence-electron chi connectivity index (χ1n) is 11.5. The van der Waals surface area contributed by atoms with Gasteiger partial charge in [-0.1, -0.05) is 26.8 Å². The zero-order valence-corrected chi connectivity index (χ0v) is 20.8. The number of hydrogen-bond acceptors (Lipinski definition) is 5. The molecule has 2 heterocycles. The zero-order valence-electron chi connectivity index (χ0n) is 19.2. The molecule has 1 fully saturated rings. The lowest BCUT2D eigenvalue weighted by Crippen LogP contribution is -2.51. The number of nitrogens with one attached hydrogen (secondary N) is 1. The third-order valence-electron chi connectivity index (χ3n) is 6.51. The van der Waals surface area contributed by atoms with Crippen molar-refractivity contribution in [3.05, 3.63) is 51.6 Å². The van der Waals surface area contributed by atoms with Crippen molar-refractivity contribution in [2.24, 2.45) is 0 Å². The highest BCUT2D eigenvalue weighted by Crippen LogP contribution is 2.44. The highest BCUT2D eigenvalue weighted by Gasteiger charge is 2.35. The molecule has 178 valence electrons. The van der Waals surface area contributed by atoms with Crippen LogP contribution < -0.4 is 10.2 Å². The summed E-state index contributed by atoms with van der Waals surface area (Å²) in [6.07, 6.45) is 0.833. The van der Waals surface area contributed by atoms with Crippen molar-refractivity contribution in [3.63, 3.8) is 0 Å². The first-order valence-corrected chi connectivity index (χ1v) is 12.3. The predicted molar refractivity (Wildman–Crippen MR) is 128 cm³/mol. The molecular weight excluding hydrogens is 492 g/mol. The minimum absolute atomic E-state index is 0.0189. The monoisotopic (exact) mass is 521 g/mol. The van der Waals surface area contributed by atoms with E-state index in [-0.39, 0.29) is 23.7 Å². The van der Waals surface area contributed by atoms with E-state index in [1.807, 2.05) is 25.7 Å². The first-order chi connectivity index (χ1) is 15.8. The van der Waals surface area contributed by atoms with Gasteiger partial charge in [0.05, 0.1) is 16.1 Å². The minimum Gasteiger partial charge on any atom is -0.353 e. The molecular formula is C24H30BrF2N5O. The van der Waals surface area contributed by atoms with Crippen LogP contribution in [0.5, 0.6) is 0 Å². The zero-order chi connectivity index (χ0) is 23.7. The van der Waals surface area contributed by atoms with Gasteiger partial charge in [0.25, 0.3) is 0 Å². The van der Waals surface area contributed by atoms with Crippen LogP contribution in [0.25, 0.3) is 0 Å². The molecule has 9 heteroatoms. The summed E-state index contributed by atoms with van der Waals surface area (Å²) in [6, 6.07) is 5.09. The van der Waals surface area contributed by atoms with Gasteiger partial charge in [0.1, 0.15) is 24.1 Å². The smallest absolute Gasteiger partial charge is 0.231 e. The fraction of sp³-hybridized carbons (Fsp3) is 0.542. The summed E-state index contributed by atoms with van der Waals surface area (Å²) in [4.78, 5) is 26.1. The van der Waals surface area contributed by atoms with Crippen molar-refractivity contribution < 1.29 is 13.6 Å². The number of aromatic nitrogens is 2. The standard InChI is InChI=1S/C24H30BrF2N5O/c1-14(2)28-12-17(16-4-5-18(25)19(26)11-16)24(33)32-8-6-31(7-9-32)23-21-15(3)10-20(27)22(21)29-13-30-23/h4-5,11,13-15,17,20,28H,6-10,12H2,1-3H3/t15-,17-,20-/m1/s1. The van der Waals surface area contributed by atoms with Crippen molar-refractivity contribution in [1.82, 2.24) is 20.2 Å². The van der Waals surface area contributed by atoms with Crippen molar-refractivity contribution in [2.75, 3.05) is 37.6 Å². The van der Waals surface area contributed by atoms with Gasteiger partial charge in [0.2, 0.25) is 5.91 Å². The molecule has 1 aromatic heterocycles. The molecule has 0 spiro atoms. The fourth-order valence-electron chi connectivity index (χ4n) is 4.70. The highest BCUT2D eigenvalue weighted by molar-refractivity contribution is 9.10. The Morgan fingerprint density at radius 2 is 1.97 bits per heavy atom. The molecule has 0 saturated carbocycles. The van der Waals surface area contributed by atoms with Gasteiger partial charge in [-0.15, -0.1) is 0 Å². The maximum absolute atomic E-state index is 14.3. The van der Waals surface area contributed by atoms with Gasteiger partial charge in [-0.25, -0.2) is 18.7 Å². The number of hydrogen-bond donors (Lipinski definition) is 1. The Morgan fingerprint density at radius 1 is 1.24 bits per heavy atom. The maximum Gasteiger partial charge on any atom is 0.231 e. The van der Waals surface area contributed by atoms with E-state index in [4.69, 9.17) is 0 Å². The summed E-state index contributed by atoms with van der Waals surface area (Å²) in [6.45, 7) is 8.76. The molecule has 33 heavy (non-hydrogen) atoms. The van der Waals surface area contributed by atoms with E-state index in [1.54, 1.807) is 12.1 Å². The molecule has 0 radical (unpaired) electrons. The van der Waals surface area contributed by atoms with Crippen LogP contribution in [0.15, 0.2) is 29.0 Å². The van der Waals surface area contributed by atoms with Crippen molar-refractivity contribution >= 4 is 27.7 Å². The quantitative estimate of drug-likeness (QED) is 0.613. The summed E-state index contributed by atoms with van der Waals surface area (Å²) in [5.74, 6) is -0.0123. The summed E-state index contributed by atoms with van der Waals surface area (Å²) in [5.41, 5.74) is 2.06. The molecule has 1 aliphatic heterocycles. The molecule has 0 unspecified atom stereocenters. The lowest BCUT2D eigenvalue weighted by molar-refractivity contribution is -0.133. The molecule has 6 nitrogen and oxygen atoms in total. The van der Waals surface area contributed by atoms with E-state index in [1.165, 1.54) is 12.4 Å². The second-order valence-corrected chi connectivity index (χ2v) is 10.1. The number of amides is 1. The molecule has 2 aliphatic rings. The Hall–Kier alpha value is -2.13. The van der Waals surface area contributed by atoms with Crippen LogP contribution in [0.3, 0.4) is 0 Å². The number of piperazine rings is 1. The van der Waals surface area contributed by atoms with Crippen molar-refractivity contribution in [2.45, 2.75) is 51.2 Å². The second-order valence-electron chi connectivity index (χ2n) is 9.20. The largest absolute Gasteiger partial charge is 0.353 e. The average Bonchev–Trinajstić information content (AvgIpc) is 3.09. The Labute approximate surface area is 201 Å². The molecule has 1 amide bonds. The fourth-order valence-corrected chi connectivity index (χ4v) is 4.95. The third-order valence-corrected chi connectivity index (χ3v) is 7.15. The SMILES string of the molecule is CC(C)NC[C@@H](C(=O)N1CCN(c2ncnc3c2[C@H](C)C[C@H]3F)CC1)c1ccc(Br)c(F)c1. The normalized spacial score (nSPS) is 21.4. The summed E-state index contributed by atoms with van der Waals surface area (Å²) in [7, 11) is 0. The van der Waals surface area contributed by atoms with Crippen LogP contribution in [0, 0.1) is 5.82 Å². The van der Waals surface area contributed by atoms with Crippen LogP contribution in [0.1, 0.15) is 62.0 Å². The number of carbonyl (C=O) groups is 1. The number of nitrogens with zero attached hydrogens (tertiary/aromatic N) is 4. The van der Waals surface area contributed by atoms with Gasteiger partial charge in [-0.05, 0) is 46.0 Å². The van der Waals surface area contributed by atoms with Crippen molar-refractivity contribution in [1.29, 1.82) is 0 Å². The molecule has 1 saturated heterocycles. The van der Waals surface area contributed by atoms with E-state index in [2.05, 4.69) is 36.1 Å². The van der Waals surface area contributed by atoms with E-state index in [9.17, 15) is 13.6 Å². The Bertz CT molecular complexity index is 1010. The molecule has 2 aromatic rings. The number of anilines is 1. The van der Waals surface area contributed by atoms with Crippen LogP contribution in [-0.4, -0.2) is 59.5 Å². The summed E-state index contributed by atoms with van der Waals surface area (Å²) in [5, 5.41) is 3.33. The Kier molecular flexibility index (Phi) is 7.28. The lowest BCUT2D eigenvalue weighted by Gasteiger charge is -2.38. The van der Waals surface area contributed by atoms with Crippen LogP contribution in [0.2, 0.25) is 0 Å². The topological polar surface area (TPSA) is 61.4 Å². The number of benzene rings is 1. The second kappa shape index (κ2) is 10.0. The Balaban J connectivity index is 1.49. The predicted octanol–water partition coefficient (Wildman–Crippen LogP) is 4.33. The number of halogens is 3. The maximum atomic E-state index is 14.3. The van der Waals surface area contributed by atoms with Gasteiger partial charge in [-0.3, -0.25) is 4.79 Å². The summed E-state index contributed by atoms with van der Waals surface area (Å²) < 4.78 is 28.9. The van der Waals surface area contributed by atoms with E-state index in [0.29, 0.717) is 54.9 Å². The number of carbonyl (C=O) groups excluding carboxylic acids is 1.